The van der Waals surface area contributed by atoms with Crippen LogP contribution in [0.5, 0.6) is 0 Å². The highest BCUT2D eigenvalue weighted by Crippen LogP contribution is 2.40. The highest BCUT2D eigenvalue weighted by Gasteiger charge is 2.34. The molecule has 1 fully saturated rings. The van der Waals surface area contributed by atoms with Crippen molar-refractivity contribution in [2.24, 2.45) is 0 Å². The molecule has 2 aromatic rings. The number of nitrogens with one attached hydrogen (secondary N) is 1. The number of para-hydroxylation sites is 1. The summed E-state index contributed by atoms with van der Waals surface area (Å²) in [5.41, 5.74) is 2.46. The van der Waals surface area contributed by atoms with Crippen LogP contribution < -0.4 is 10.2 Å². The van der Waals surface area contributed by atoms with Gasteiger partial charge < -0.3 is 15.3 Å². The third-order valence-corrected chi connectivity index (χ3v) is 6.18. The van der Waals surface area contributed by atoms with Gasteiger partial charge >= 0.3 is 5.97 Å². The molecule has 2 aromatic carbocycles. The summed E-state index contributed by atoms with van der Waals surface area (Å²) >= 11 is 0. The molecule has 7 nitrogen and oxygen atoms in total. The van der Waals surface area contributed by atoms with E-state index in [1.165, 1.54) is 4.90 Å². The van der Waals surface area contributed by atoms with Gasteiger partial charge in [-0.1, -0.05) is 36.4 Å². The minimum absolute atomic E-state index is 0.101. The molecular formula is C24H27N3O4. The van der Waals surface area contributed by atoms with Crippen molar-refractivity contribution in [2.45, 2.75) is 31.2 Å². The molecule has 4 rings (SSSR count). The van der Waals surface area contributed by atoms with Crippen LogP contribution in [0.25, 0.3) is 0 Å². The highest BCUT2D eigenvalue weighted by atomic mass is 16.4. The van der Waals surface area contributed by atoms with Gasteiger partial charge in [0.2, 0.25) is 5.91 Å². The van der Waals surface area contributed by atoms with E-state index in [9.17, 15) is 19.5 Å². The lowest BCUT2D eigenvalue weighted by molar-refractivity contribution is -0.137. The predicted molar refractivity (Wildman–Crippen MR) is 117 cm³/mol. The number of anilines is 1. The van der Waals surface area contributed by atoms with Crippen LogP contribution in [-0.4, -0.2) is 60.5 Å². The summed E-state index contributed by atoms with van der Waals surface area (Å²) in [5, 5.41) is 12.6. The van der Waals surface area contributed by atoms with E-state index in [0.717, 1.165) is 31.5 Å². The van der Waals surface area contributed by atoms with Crippen molar-refractivity contribution in [1.29, 1.82) is 0 Å². The van der Waals surface area contributed by atoms with Gasteiger partial charge in [0, 0.05) is 23.2 Å². The Morgan fingerprint density at radius 1 is 1.03 bits per heavy atom. The minimum Gasteiger partial charge on any atom is -0.481 e. The Morgan fingerprint density at radius 3 is 2.39 bits per heavy atom. The topological polar surface area (TPSA) is 90.0 Å². The van der Waals surface area contributed by atoms with Crippen molar-refractivity contribution in [3.05, 3.63) is 65.2 Å². The maximum Gasteiger partial charge on any atom is 0.304 e. The molecule has 162 valence electrons. The van der Waals surface area contributed by atoms with Gasteiger partial charge in [0.25, 0.3) is 5.91 Å². The Kier molecular flexibility index (Phi) is 6.04. The first-order valence-corrected chi connectivity index (χ1v) is 10.6. The standard InChI is InChI=1S/C24H27N3O4/c1-26-12-10-16(11-13-26)25-22(28)15-27-21-9-5-4-7-18(21)20(14-23(29)30)17-6-2-3-8-19(17)24(27)31/h2-9,16,20H,10-15H2,1H3,(H,25,28)(H,29,30). The number of carboxylic acids is 1. The summed E-state index contributed by atoms with van der Waals surface area (Å²) in [6, 6.07) is 14.5. The maximum absolute atomic E-state index is 13.5. The summed E-state index contributed by atoms with van der Waals surface area (Å²) in [6.45, 7) is 1.76. The van der Waals surface area contributed by atoms with E-state index in [2.05, 4.69) is 17.3 Å². The molecule has 7 heteroatoms. The lowest BCUT2D eigenvalue weighted by atomic mass is 9.86. The summed E-state index contributed by atoms with van der Waals surface area (Å²) in [4.78, 5) is 41.7. The van der Waals surface area contributed by atoms with Gasteiger partial charge in [0.15, 0.2) is 0 Å². The van der Waals surface area contributed by atoms with E-state index in [1.807, 2.05) is 24.3 Å². The Labute approximate surface area is 181 Å². The second-order valence-corrected chi connectivity index (χ2v) is 8.33. The van der Waals surface area contributed by atoms with Gasteiger partial charge in [-0.15, -0.1) is 0 Å². The van der Waals surface area contributed by atoms with E-state index < -0.39 is 11.9 Å². The molecule has 0 radical (unpaired) electrons. The Morgan fingerprint density at radius 2 is 1.68 bits per heavy atom. The molecule has 1 atom stereocenters. The first-order valence-electron chi connectivity index (χ1n) is 10.6. The van der Waals surface area contributed by atoms with Crippen molar-refractivity contribution >= 4 is 23.5 Å². The predicted octanol–water partition coefficient (Wildman–Crippen LogP) is 2.46. The number of aliphatic carboxylic acids is 1. The molecule has 0 aromatic heterocycles. The van der Waals surface area contributed by atoms with Gasteiger partial charge in [-0.2, -0.15) is 0 Å². The van der Waals surface area contributed by atoms with Crippen LogP contribution in [0, 0.1) is 0 Å². The molecule has 31 heavy (non-hydrogen) atoms. The zero-order chi connectivity index (χ0) is 22.0. The molecule has 1 saturated heterocycles. The van der Waals surface area contributed by atoms with E-state index in [1.54, 1.807) is 24.3 Å². The quantitative estimate of drug-likeness (QED) is 0.774. The van der Waals surface area contributed by atoms with Crippen molar-refractivity contribution < 1.29 is 19.5 Å². The van der Waals surface area contributed by atoms with Gasteiger partial charge in [-0.3, -0.25) is 19.3 Å². The van der Waals surface area contributed by atoms with E-state index in [0.29, 0.717) is 16.8 Å². The van der Waals surface area contributed by atoms with Gasteiger partial charge in [-0.25, -0.2) is 0 Å². The zero-order valence-electron chi connectivity index (χ0n) is 17.6. The summed E-state index contributed by atoms with van der Waals surface area (Å²) < 4.78 is 0. The lowest BCUT2D eigenvalue weighted by Gasteiger charge is -2.30. The molecule has 2 N–H and O–H groups in total. The van der Waals surface area contributed by atoms with Crippen LogP contribution in [0.1, 0.15) is 46.7 Å². The van der Waals surface area contributed by atoms with Crippen molar-refractivity contribution in [2.75, 3.05) is 31.6 Å². The summed E-state index contributed by atoms with van der Waals surface area (Å²) in [7, 11) is 2.07. The van der Waals surface area contributed by atoms with Gasteiger partial charge in [0.05, 0.1) is 6.42 Å². The van der Waals surface area contributed by atoms with Crippen LogP contribution in [0.15, 0.2) is 48.5 Å². The smallest absolute Gasteiger partial charge is 0.304 e. The lowest BCUT2D eigenvalue weighted by Crippen LogP contribution is -2.47. The number of nitrogens with zero attached hydrogens (tertiary/aromatic N) is 2. The number of rotatable bonds is 5. The van der Waals surface area contributed by atoms with Crippen LogP contribution in [0.3, 0.4) is 0 Å². The number of carbonyl (C=O) groups is 3. The third-order valence-electron chi connectivity index (χ3n) is 6.18. The number of hydrogen-bond acceptors (Lipinski definition) is 4. The third kappa shape index (κ3) is 4.46. The molecule has 1 unspecified atom stereocenters. The molecular weight excluding hydrogens is 394 g/mol. The van der Waals surface area contributed by atoms with E-state index >= 15 is 0 Å². The molecule has 2 aliphatic heterocycles. The van der Waals surface area contributed by atoms with Crippen LogP contribution in [0.4, 0.5) is 5.69 Å². The normalized spacial score (nSPS) is 19.3. The van der Waals surface area contributed by atoms with Gasteiger partial charge in [0.1, 0.15) is 6.54 Å². The number of carboxylic acid groups (broad SMARTS) is 1. The monoisotopic (exact) mass is 421 g/mol. The largest absolute Gasteiger partial charge is 0.481 e. The molecule has 0 aliphatic carbocycles. The average Bonchev–Trinajstić information content (AvgIpc) is 2.85. The van der Waals surface area contributed by atoms with E-state index in [-0.39, 0.29) is 30.8 Å². The highest BCUT2D eigenvalue weighted by molar-refractivity contribution is 6.11. The van der Waals surface area contributed by atoms with E-state index in [4.69, 9.17) is 0 Å². The second kappa shape index (κ2) is 8.89. The number of carbonyl (C=O) groups excluding carboxylic acids is 2. The SMILES string of the molecule is CN1CCC(NC(=O)CN2C(=O)c3ccccc3C(CC(=O)O)c3ccccc32)CC1. The average molecular weight is 421 g/mol. The number of likely N-dealkylation sites (tertiary alicyclic amines) is 1. The number of hydrogen-bond donors (Lipinski definition) is 2. The fourth-order valence-electron chi connectivity index (χ4n) is 4.57. The molecule has 2 aliphatic rings. The number of amides is 2. The molecule has 2 heterocycles. The minimum atomic E-state index is -0.935. The number of piperidine rings is 1. The van der Waals surface area contributed by atoms with Crippen molar-refractivity contribution in [3.63, 3.8) is 0 Å². The number of benzene rings is 2. The Hall–Kier alpha value is -3.19. The van der Waals surface area contributed by atoms with Crippen molar-refractivity contribution in [3.8, 4) is 0 Å². The Bertz CT molecular complexity index is 998. The van der Waals surface area contributed by atoms with Gasteiger partial charge in [-0.05, 0) is 56.2 Å². The zero-order valence-corrected chi connectivity index (χ0v) is 17.6. The molecule has 0 bridgehead atoms. The molecule has 0 spiro atoms. The maximum atomic E-state index is 13.5. The van der Waals surface area contributed by atoms with Crippen LogP contribution in [0.2, 0.25) is 0 Å². The fourth-order valence-corrected chi connectivity index (χ4v) is 4.57. The first-order chi connectivity index (χ1) is 14.9. The molecule has 0 saturated carbocycles. The number of fused-ring (bicyclic) bond motifs is 2. The second-order valence-electron chi connectivity index (χ2n) is 8.33. The fraction of sp³-hybridized carbons (Fsp3) is 0.375. The van der Waals surface area contributed by atoms with Crippen LogP contribution >= 0.6 is 0 Å². The van der Waals surface area contributed by atoms with Crippen molar-refractivity contribution in [1.82, 2.24) is 10.2 Å². The summed E-state index contributed by atoms with van der Waals surface area (Å²) in [5.74, 6) is -1.88. The van der Waals surface area contributed by atoms with Crippen LogP contribution in [-0.2, 0) is 9.59 Å². The molecule has 2 amide bonds. The Balaban J connectivity index is 1.66. The first kappa shape index (κ1) is 21.1. The summed E-state index contributed by atoms with van der Waals surface area (Å²) in [6.07, 6.45) is 1.64.